The number of alkyl halides is 1. The van der Waals surface area contributed by atoms with Gasteiger partial charge in [0.05, 0.1) is 19.3 Å². The van der Waals surface area contributed by atoms with Crippen LogP contribution in [0.5, 0.6) is 0 Å². The molecule has 1 unspecified atom stereocenters. The van der Waals surface area contributed by atoms with Crippen molar-refractivity contribution in [2.45, 2.75) is 13.0 Å². The van der Waals surface area contributed by atoms with E-state index in [1.165, 1.54) is 11.1 Å². The molecular weight excluding hydrogens is 303 g/mol. The van der Waals surface area contributed by atoms with Crippen molar-refractivity contribution in [1.29, 1.82) is 0 Å². The first-order valence-corrected chi connectivity index (χ1v) is 6.54. The van der Waals surface area contributed by atoms with Crippen molar-refractivity contribution in [2.24, 2.45) is 0 Å². The number of hydrogen-bond donors (Lipinski definition) is 0. The fourth-order valence-electron chi connectivity index (χ4n) is 1.44. The summed E-state index contributed by atoms with van der Waals surface area (Å²) in [5, 5.41) is 0. The van der Waals surface area contributed by atoms with Gasteiger partial charge in [-0.3, -0.25) is 0 Å². The summed E-state index contributed by atoms with van der Waals surface area (Å²) in [6.07, 6.45) is 0.182. The Morgan fingerprint density at radius 1 is 1.27 bits per heavy atom. The van der Waals surface area contributed by atoms with Gasteiger partial charge in [-0.05, 0) is 18.1 Å². The molecule has 2 nitrogen and oxygen atoms in total. The molecule has 0 saturated carbocycles. The molecule has 3 heteroatoms. The Bertz CT molecular complexity index is 289. The minimum Gasteiger partial charge on any atom is -0.382 e. The summed E-state index contributed by atoms with van der Waals surface area (Å²) in [5.41, 5.74) is 2.57. The molecule has 0 amide bonds. The standard InChI is InChI=1S/C12H17IO2/c1-10-5-3-4-6-11(10)12(9-13)15-8-7-14-2/h3-6,12H,7-9H2,1-2H3. The Morgan fingerprint density at radius 3 is 2.60 bits per heavy atom. The van der Waals surface area contributed by atoms with E-state index in [4.69, 9.17) is 9.47 Å². The van der Waals surface area contributed by atoms with Gasteiger partial charge in [0.1, 0.15) is 0 Å². The Balaban J connectivity index is 2.61. The molecule has 0 aliphatic carbocycles. The van der Waals surface area contributed by atoms with E-state index in [2.05, 4.69) is 53.8 Å². The number of hydrogen-bond acceptors (Lipinski definition) is 2. The van der Waals surface area contributed by atoms with Crippen LogP contribution < -0.4 is 0 Å². The topological polar surface area (TPSA) is 18.5 Å². The van der Waals surface area contributed by atoms with Crippen molar-refractivity contribution in [3.63, 3.8) is 0 Å². The molecule has 0 fully saturated rings. The summed E-state index contributed by atoms with van der Waals surface area (Å²) in [5.74, 6) is 0. The number of halogens is 1. The highest BCUT2D eigenvalue weighted by molar-refractivity contribution is 14.1. The second kappa shape index (κ2) is 7.19. The van der Waals surface area contributed by atoms with Crippen molar-refractivity contribution < 1.29 is 9.47 Å². The lowest BCUT2D eigenvalue weighted by Gasteiger charge is -2.17. The first-order valence-electron chi connectivity index (χ1n) is 5.01. The van der Waals surface area contributed by atoms with E-state index in [-0.39, 0.29) is 6.10 Å². The lowest BCUT2D eigenvalue weighted by Crippen LogP contribution is -2.11. The monoisotopic (exact) mass is 320 g/mol. The van der Waals surface area contributed by atoms with E-state index in [1.54, 1.807) is 7.11 Å². The molecule has 0 aromatic heterocycles. The first-order chi connectivity index (χ1) is 7.29. The molecule has 0 spiro atoms. The summed E-state index contributed by atoms with van der Waals surface area (Å²) in [6, 6.07) is 8.36. The van der Waals surface area contributed by atoms with Crippen molar-refractivity contribution in [1.82, 2.24) is 0 Å². The number of methoxy groups -OCH3 is 1. The van der Waals surface area contributed by atoms with Gasteiger partial charge in [0.15, 0.2) is 0 Å². The highest BCUT2D eigenvalue weighted by Gasteiger charge is 2.11. The normalized spacial score (nSPS) is 12.7. The van der Waals surface area contributed by atoms with Gasteiger partial charge in [-0.15, -0.1) is 0 Å². The van der Waals surface area contributed by atoms with Gasteiger partial charge in [-0.25, -0.2) is 0 Å². The lowest BCUT2D eigenvalue weighted by molar-refractivity contribution is 0.0290. The average Bonchev–Trinajstić information content (AvgIpc) is 2.26. The molecule has 15 heavy (non-hydrogen) atoms. The fraction of sp³-hybridized carbons (Fsp3) is 0.500. The zero-order valence-electron chi connectivity index (χ0n) is 9.20. The highest BCUT2D eigenvalue weighted by Crippen LogP contribution is 2.22. The summed E-state index contributed by atoms with van der Waals surface area (Å²) in [7, 11) is 1.69. The van der Waals surface area contributed by atoms with E-state index in [9.17, 15) is 0 Å². The molecule has 1 aromatic carbocycles. The summed E-state index contributed by atoms with van der Waals surface area (Å²) >= 11 is 2.36. The summed E-state index contributed by atoms with van der Waals surface area (Å²) in [6.45, 7) is 3.42. The van der Waals surface area contributed by atoms with Crippen LogP contribution in [-0.4, -0.2) is 24.8 Å². The van der Waals surface area contributed by atoms with Crippen LogP contribution in [0.1, 0.15) is 17.2 Å². The summed E-state index contributed by atoms with van der Waals surface area (Å²) < 4.78 is 11.7. The fourth-order valence-corrected chi connectivity index (χ4v) is 2.17. The molecule has 0 radical (unpaired) electrons. The van der Waals surface area contributed by atoms with Gasteiger partial charge in [0, 0.05) is 11.5 Å². The van der Waals surface area contributed by atoms with Gasteiger partial charge in [-0.2, -0.15) is 0 Å². The van der Waals surface area contributed by atoms with Crippen molar-refractivity contribution in [3.8, 4) is 0 Å². The third kappa shape index (κ3) is 4.09. The summed E-state index contributed by atoms with van der Waals surface area (Å²) in [4.78, 5) is 0. The van der Waals surface area contributed by atoms with E-state index in [1.807, 2.05) is 0 Å². The van der Waals surface area contributed by atoms with Crippen LogP contribution in [-0.2, 0) is 9.47 Å². The number of ether oxygens (including phenoxy) is 2. The maximum absolute atomic E-state index is 5.77. The molecule has 0 aliphatic rings. The molecular formula is C12H17IO2. The number of aryl methyl sites for hydroxylation is 1. The van der Waals surface area contributed by atoms with Gasteiger partial charge in [0.2, 0.25) is 0 Å². The molecule has 1 aromatic rings. The van der Waals surface area contributed by atoms with Crippen LogP contribution in [0.4, 0.5) is 0 Å². The van der Waals surface area contributed by atoms with Crippen LogP contribution in [0.25, 0.3) is 0 Å². The highest BCUT2D eigenvalue weighted by atomic mass is 127. The lowest BCUT2D eigenvalue weighted by atomic mass is 10.0. The predicted octanol–water partition coefficient (Wildman–Crippen LogP) is 3.13. The predicted molar refractivity (Wildman–Crippen MR) is 70.6 cm³/mol. The van der Waals surface area contributed by atoms with Crippen LogP contribution in [0.3, 0.4) is 0 Å². The third-order valence-corrected chi connectivity index (χ3v) is 3.08. The number of benzene rings is 1. The first kappa shape index (κ1) is 12.9. The zero-order valence-corrected chi connectivity index (χ0v) is 11.4. The molecule has 1 atom stereocenters. The minimum absolute atomic E-state index is 0.182. The average molecular weight is 320 g/mol. The van der Waals surface area contributed by atoms with E-state index >= 15 is 0 Å². The molecule has 1 rings (SSSR count). The van der Waals surface area contributed by atoms with E-state index < -0.39 is 0 Å². The maximum atomic E-state index is 5.77. The van der Waals surface area contributed by atoms with Crippen LogP contribution in [0, 0.1) is 6.92 Å². The molecule has 0 aliphatic heterocycles. The van der Waals surface area contributed by atoms with E-state index in [0.717, 1.165) is 4.43 Å². The molecule has 0 N–H and O–H groups in total. The minimum atomic E-state index is 0.182. The van der Waals surface area contributed by atoms with Crippen LogP contribution in [0.15, 0.2) is 24.3 Å². The Morgan fingerprint density at radius 2 is 2.00 bits per heavy atom. The van der Waals surface area contributed by atoms with Crippen LogP contribution in [0.2, 0.25) is 0 Å². The Kier molecular flexibility index (Phi) is 6.20. The van der Waals surface area contributed by atoms with Crippen molar-refractivity contribution >= 4 is 22.6 Å². The number of rotatable bonds is 6. The van der Waals surface area contributed by atoms with Gasteiger partial charge in [0.25, 0.3) is 0 Å². The van der Waals surface area contributed by atoms with Gasteiger partial charge in [-0.1, -0.05) is 46.9 Å². The largest absolute Gasteiger partial charge is 0.382 e. The quantitative estimate of drug-likeness (QED) is 0.455. The molecule has 0 heterocycles. The third-order valence-electron chi connectivity index (χ3n) is 2.28. The Hall–Kier alpha value is -0.130. The smallest absolute Gasteiger partial charge is 0.0917 e. The second-order valence-corrected chi connectivity index (χ2v) is 4.24. The van der Waals surface area contributed by atoms with E-state index in [0.29, 0.717) is 13.2 Å². The van der Waals surface area contributed by atoms with Gasteiger partial charge < -0.3 is 9.47 Å². The maximum Gasteiger partial charge on any atom is 0.0917 e. The molecule has 84 valence electrons. The SMILES string of the molecule is COCCOC(CI)c1ccccc1C. The van der Waals surface area contributed by atoms with Gasteiger partial charge >= 0.3 is 0 Å². The Labute approximate surface area is 105 Å². The van der Waals surface area contributed by atoms with Crippen LogP contribution >= 0.6 is 22.6 Å². The molecule has 0 saturated heterocycles. The molecule has 0 bridgehead atoms. The second-order valence-electron chi connectivity index (χ2n) is 3.36. The zero-order chi connectivity index (χ0) is 11.1. The van der Waals surface area contributed by atoms with Crippen molar-refractivity contribution in [3.05, 3.63) is 35.4 Å². The van der Waals surface area contributed by atoms with Crippen molar-refractivity contribution in [2.75, 3.05) is 24.8 Å².